The van der Waals surface area contributed by atoms with Crippen LogP contribution in [0.2, 0.25) is 5.02 Å². The van der Waals surface area contributed by atoms with Crippen molar-refractivity contribution >= 4 is 29.7 Å². The van der Waals surface area contributed by atoms with Gasteiger partial charge in [-0.3, -0.25) is 9.36 Å². The summed E-state index contributed by atoms with van der Waals surface area (Å²) < 4.78 is 3.03. The topological polar surface area (TPSA) is 39.3 Å². The summed E-state index contributed by atoms with van der Waals surface area (Å²) in [5.41, 5.74) is 0.931. The molecule has 3 aromatic rings. The van der Waals surface area contributed by atoms with E-state index in [4.69, 9.17) is 11.6 Å². The minimum atomic E-state index is -0.194. The van der Waals surface area contributed by atoms with Gasteiger partial charge in [-0.15, -0.1) is 0 Å². The van der Waals surface area contributed by atoms with Gasteiger partial charge in [0.2, 0.25) is 0 Å². The highest BCUT2D eigenvalue weighted by Gasteiger charge is 2.14. The molecule has 0 bridgehead atoms. The standard InChI is InChI=1S/C13H10ClN3OS/c14-10-6-7-16-12(10)13(18)17(11(8-19)15-16)9-4-2-1-3-5-9/h1-7,19H,8H2. The van der Waals surface area contributed by atoms with Crippen molar-refractivity contribution in [2.45, 2.75) is 5.75 Å². The second-order valence-corrected chi connectivity index (χ2v) is 4.73. The second kappa shape index (κ2) is 4.75. The van der Waals surface area contributed by atoms with Crippen molar-refractivity contribution in [1.82, 2.24) is 14.2 Å². The summed E-state index contributed by atoms with van der Waals surface area (Å²) in [5.74, 6) is 0.926. The van der Waals surface area contributed by atoms with Gasteiger partial charge in [0.05, 0.1) is 16.5 Å². The van der Waals surface area contributed by atoms with Crippen LogP contribution in [0.15, 0.2) is 47.4 Å². The second-order valence-electron chi connectivity index (χ2n) is 4.01. The number of rotatable bonds is 2. The van der Waals surface area contributed by atoms with Crippen molar-refractivity contribution in [1.29, 1.82) is 0 Å². The smallest absolute Gasteiger partial charge is 0.266 e. The first-order valence-electron chi connectivity index (χ1n) is 5.67. The van der Waals surface area contributed by atoms with Gasteiger partial charge in [-0.25, -0.2) is 4.52 Å². The van der Waals surface area contributed by atoms with Gasteiger partial charge in [0.25, 0.3) is 5.56 Å². The molecule has 2 aromatic heterocycles. The van der Waals surface area contributed by atoms with Crippen molar-refractivity contribution < 1.29 is 0 Å². The molecule has 0 saturated heterocycles. The van der Waals surface area contributed by atoms with E-state index in [1.165, 1.54) is 9.08 Å². The first-order valence-corrected chi connectivity index (χ1v) is 6.68. The van der Waals surface area contributed by atoms with Crippen LogP contribution in [0.5, 0.6) is 0 Å². The monoisotopic (exact) mass is 291 g/mol. The fraction of sp³-hybridized carbons (Fsp3) is 0.0769. The molecule has 1 aromatic carbocycles. The Hall–Kier alpha value is -1.72. The molecule has 0 atom stereocenters. The predicted octanol–water partition coefficient (Wildman–Crippen LogP) is 2.57. The van der Waals surface area contributed by atoms with E-state index in [-0.39, 0.29) is 5.56 Å². The van der Waals surface area contributed by atoms with Gasteiger partial charge < -0.3 is 0 Å². The maximum atomic E-state index is 12.6. The first kappa shape index (κ1) is 12.3. The zero-order chi connectivity index (χ0) is 13.4. The Morgan fingerprint density at radius 3 is 2.63 bits per heavy atom. The van der Waals surface area contributed by atoms with E-state index in [1.807, 2.05) is 30.3 Å². The molecule has 0 radical (unpaired) electrons. The minimum Gasteiger partial charge on any atom is -0.266 e. The Morgan fingerprint density at radius 1 is 1.21 bits per heavy atom. The molecular weight excluding hydrogens is 282 g/mol. The summed E-state index contributed by atoms with van der Waals surface area (Å²) in [5, 5.41) is 4.77. The van der Waals surface area contributed by atoms with Crippen molar-refractivity contribution in [2.24, 2.45) is 0 Å². The maximum absolute atomic E-state index is 12.6. The zero-order valence-electron chi connectivity index (χ0n) is 9.82. The fourth-order valence-electron chi connectivity index (χ4n) is 2.02. The highest BCUT2D eigenvalue weighted by molar-refractivity contribution is 7.79. The van der Waals surface area contributed by atoms with Gasteiger partial charge in [-0.1, -0.05) is 29.8 Å². The molecule has 19 heavy (non-hydrogen) atoms. The molecule has 0 fully saturated rings. The van der Waals surface area contributed by atoms with Crippen molar-refractivity contribution in [3.63, 3.8) is 0 Å². The van der Waals surface area contributed by atoms with Crippen LogP contribution in [0.4, 0.5) is 0 Å². The Bertz CT molecular complexity index is 795. The molecular formula is C13H10ClN3OS. The van der Waals surface area contributed by atoms with E-state index in [9.17, 15) is 4.79 Å². The van der Waals surface area contributed by atoms with E-state index in [1.54, 1.807) is 12.3 Å². The summed E-state index contributed by atoms with van der Waals surface area (Å²) in [6.45, 7) is 0. The van der Waals surface area contributed by atoms with Crippen molar-refractivity contribution in [2.75, 3.05) is 0 Å². The Balaban J connectivity index is 2.43. The third-order valence-electron chi connectivity index (χ3n) is 2.86. The third kappa shape index (κ3) is 1.95. The summed E-state index contributed by atoms with van der Waals surface area (Å²) >= 11 is 10.3. The van der Waals surface area contributed by atoms with Crippen molar-refractivity contribution in [3.8, 4) is 5.69 Å². The average Bonchev–Trinajstić information content (AvgIpc) is 2.81. The molecule has 96 valence electrons. The Labute approximate surface area is 119 Å². The van der Waals surface area contributed by atoms with E-state index in [0.29, 0.717) is 22.1 Å². The van der Waals surface area contributed by atoms with Gasteiger partial charge in [-0.2, -0.15) is 17.7 Å². The summed E-state index contributed by atoms with van der Waals surface area (Å²) in [7, 11) is 0. The van der Waals surface area contributed by atoms with E-state index < -0.39 is 0 Å². The molecule has 6 heteroatoms. The predicted molar refractivity (Wildman–Crippen MR) is 78.5 cm³/mol. The maximum Gasteiger partial charge on any atom is 0.284 e. The van der Waals surface area contributed by atoms with E-state index in [2.05, 4.69) is 17.7 Å². The van der Waals surface area contributed by atoms with Crippen LogP contribution in [-0.4, -0.2) is 14.2 Å². The van der Waals surface area contributed by atoms with Crippen LogP contribution in [-0.2, 0) is 5.75 Å². The molecule has 0 spiro atoms. The van der Waals surface area contributed by atoms with Crippen LogP contribution < -0.4 is 5.56 Å². The van der Waals surface area contributed by atoms with E-state index >= 15 is 0 Å². The molecule has 2 heterocycles. The van der Waals surface area contributed by atoms with Gasteiger partial charge >= 0.3 is 0 Å². The molecule has 0 aliphatic heterocycles. The number of nitrogens with zero attached hydrogens (tertiary/aromatic N) is 3. The number of aromatic nitrogens is 3. The molecule has 0 aliphatic carbocycles. The Morgan fingerprint density at radius 2 is 1.95 bits per heavy atom. The molecule has 0 unspecified atom stereocenters. The molecule has 0 saturated carbocycles. The molecule has 0 amide bonds. The molecule has 4 nitrogen and oxygen atoms in total. The number of fused-ring (bicyclic) bond motifs is 1. The van der Waals surface area contributed by atoms with Gasteiger partial charge in [-0.05, 0) is 18.2 Å². The van der Waals surface area contributed by atoms with Gasteiger partial charge in [0.15, 0.2) is 0 Å². The lowest BCUT2D eigenvalue weighted by atomic mass is 10.3. The molecule has 0 aliphatic rings. The lowest BCUT2D eigenvalue weighted by Crippen LogP contribution is -2.25. The quantitative estimate of drug-likeness (QED) is 0.737. The number of halogens is 1. The fourth-order valence-corrected chi connectivity index (χ4v) is 2.45. The molecule has 0 N–H and O–H groups in total. The zero-order valence-corrected chi connectivity index (χ0v) is 11.5. The van der Waals surface area contributed by atoms with Crippen LogP contribution in [0.1, 0.15) is 5.82 Å². The van der Waals surface area contributed by atoms with Crippen molar-refractivity contribution in [3.05, 3.63) is 63.8 Å². The normalized spacial score (nSPS) is 11.1. The average molecular weight is 292 g/mol. The first-order chi connectivity index (χ1) is 9.22. The third-order valence-corrected chi connectivity index (χ3v) is 3.45. The van der Waals surface area contributed by atoms with Crippen LogP contribution in [0, 0.1) is 0 Å². The van der Waals surface area contributed by atoms with Gasteiger partial charge in [0.1, 0.15) is 11.3 Å². The lowest BCUT2D eigenvalue weighted by molar-refractivity contribution is 0.771. The van der Waals surface area contributed by atoms with Crippen LogP contribution in [0.25, 0.3) is 11.2 Å². The summed E-state index contributed by atoms with van der Waals surface area (Å²) in [6, 6.07) is 11.0. The minimum absolute atomic E-state index is 0.194. The van der Waals surface area contributed by atoms with E-state index in [0.717, 1.165) is 5.69 Å². The number of hydrogen-bond acceptors (Lipinski definition) is 3. The van der Waals surface area contributed by atoms with Crippen LogP contribution in [0.3, 0.4) is 0 Å². The Kier molecular flexibility index (Phi) is 3.08. The largest absolute Gasteiger partial charge is 0.284 e. The summed E-state index contributed by atoms with van der Waals surface area (Å²) in [6.07, 6.45) is 1.67. The van der Waals surface area contributed by atoms with Gasteiger partial charge in [0, 0.05) is 6.20 Å². The number of hydrogen-bond donors (Lipinski definition) is 1. The summed E-state index contributed by atoms with van der Waals surface area (Å²) in [4.78, 5) is 12.6. The number of para-hydroxylation sites is 1. The lowest BCUT2D eigenvalue weighted by Gasteiger charge is -2.11. The van der Waals surface area contributed by atoms with Crippen LogP contribution >= 0.6 is 24.2 Å². The SMILES string of the molecule is O=c1c2c(Cl)ccn2nc(CS)n1-c1ccccc1. The highest BCUT2D eigenvalue weighted by Crippen LogP contribution is 2.16. The highest BCUT2D eigenvalue weighted by atomic mass is 35.5. The number of benzene rings is 1. The number of thiol groups is 1. The molecule has 3 rings (SSSR count).